The predicted octanol–water partition coefficient (Wildman–Crippen LogP) is 1.65. The Bertz CT molecular complexity index is 631. The molecule has 1 aliphatic rings. The Kier molecular flexibility index (Phi) is 3.03. The lowest BCUT2D eigenvalue weighted by atomic mass is 9.81. The Morgan fingerprint density at radius 2 is 2.16 bits per heavy atom. The van der Waals surface area contributed by atoms with Crippen LogP contribution in [0.15, 0.2) is 37.1 Å². The molecule has 0 bridgehead atoms. The van der Waals surface area contributed by atoms with E-state index in [1.807, 2.05) is 4.40 Å². The van der Waals surface area contributed by atoms with E-state index >= 15 is 0 Å². The zero-order chi connectivity index (χ0) is 13.2. The Hall–Kier alpha value is -2.17. The SMILES string of the molecule is NC(=O)C(c1cncc2cncn12)C1CC=CCC1. The Morgan fingerprint density at radius 1 is 1.32 bits per heavy atom. The normalized spacial score (nSPS) is 20.5. The van der Waals surface area contributed by atoms with E-state index in [9.17, 15) is 4.79 Å². The Balaban J connectivity index is 2.06. The highest BCUT2D eigenvalue weighted by Gasteiger charge is 2.30. The molecule has 0 fully saturated rings. The number of primary amides is 1. The van der Waals surface area contributed by atoms with Gasteiger partial charge >= 0.3 is 0 Å². The first-order valence-corrected chi connectivity index (χ1v) is 6.47. The molecule has 1 amide bonds. The molecule has 2 N–H and O–H groups in total. The maximum absolute atomic E-state index is 11.9. The quantitative estimate of drug-likeness (QED) is 0.849. The van der Waals surface area contributed by atoms with Crippen molar-refractivity contribution in [3.63, 3.8) is 0 Å². The van der Waals surface area contributed by atoms with Gasteiger partial charge in [0.25, 0.3) is 0 Å². The van der Waals surface area contributed by atoms with Crippen molar-refractivity contribution in [2.75, 3.05) is 0 Å². The average molecular weight is 256 g/mol. The summed E-state index contributed by atoms with van der Waals surface area (Å²) in [6, 6.07) is 0. The highest BCUT2D eigenvalue weighted by atomic mass is 16.1. The van der Waals surface area contributed by atoms with Gasteiger partial charge in [-0.3, -0.25) is 14.2 Å². The summed E-state index contributed by atoms with van der Waals surface area (Å²) in [4.78, 5) is 20.2. The molecule has 2 heterocycles. The minimum absolute atomic E-state index is 0.247. The zero-order valence-corrected chi connectivity index (χ0v) is 10.6. The number of imidazole rings is 1. The van der Waals surface area contributed by atoms with Crippen molar-refractivity contribution in [3.05, 3.63) is 42.8 Å². The minimum atomic E-state index is -0.310. The number of hydrogen-bond donors (Lipinski definition) is 1. The van der Waals surface area contributed by atoms with Gasteiger partial charge in [0.05, 0.1) is 35.8 Å². The second kappa shape index (κ2) is 4.84. The van der Waals surface area contributed by atoms with Gasteiger partial charge in [-0.15, -0.1) is 0 Å². The number of carbonyl (C=O) groups excluding carboxylic acids is 1. The number of fused-ring (bicyclic) bond motifs is 1. The fourth-order valence-corrected chi connectivity index (χ4v) is 2.84. The lowest BCUT2D eigenvalue weighted by molar-refractivity contribution is -0.120. The van der Waals surface area contributed by atoms with Gasteiger partial charge in [-0.1, -0.05) is 12.2 Å². The first kappa shape index (κ1) is 11.9. The number of nitrogens with zero attached hydrogens (tertiary/aromatic N) is 3. The van der Waals surface area contributed by atoms with Crippen molar-refractivity contribution < 1.29 is 4.79 Å². The van der Waals surface area contributed by atoms with Crippen LogP contribution in [-0.4, -0.2) is 20.3 Å². The number of hydrogen-bond acceptors (Lipinski definition) is 3. The summed E-state index contributed by atoms with van der Waals surface area (Å²) in [6.07, 6.45) is 14.1. The molecule has 2 aromatic rings. The van der Waals surface area contributed by atoms with Crippen LogP contribution in [0.3, 0.4) is 0 Å². The molecule has 1 aliphatic carbocycles. The van der Waals surface area contributed by atoms with E-state index in [4.69, 9.17) is 5.73 Å². The van der Waals surface area contributed by atoms with Gasteiger partial charge < -0.3 is 5.73 Å². The summed E-state index contributed by atoms with van der Waals surface area (Å²) >= 11 is 0. The van der Waals surface area contributed by atoms with Crippen LogP contribution in [0, 0.1) is 5.92 Å². The molecule has 5 heteroatoms. The molecule has 2 atom stereocenters. The standard InChI is InChI=1S/C14H16N4O/c15-14(19)13(10-4-2-1-3-5-10)12-8-16-6-11-7-17-9-18(11)12/h1-2,6-10,13H,3-5H2,(H2,15,19). The first-order valence-electron chi connectivity index (χ1n) is 6.47. The molecular formula is C14H16N4O. The van der Waals surface area contributed by atoms with Crippen LogP contribution in [0.2, 0.25) is 0 Å². The second-order valence-electron chi connectivity index (χ2n) is 4.95. The van der Waals surface area contributed by atoms with Crippen molar-refractivity contribution in [2.24, 2.45) is 11.7 Å². The van der Waals surface area contributed by atoms with Gasteiger partial charge in [0.15, 0.2) is 0 Å². The number of nitrogens with two attached hydrogens (primary N) is 1. The monoisotopic (exact) mass is 256 g/mol. The van der Waals surface area contributed by atoms with Crippen LogP contribution >= 0.6 is 0 Å². The third-order valence-electron chi connectivity index (χ3n) is 3.77. The summed E-state index contributed by atoms with van der Waals surface area (Å²) in [5.41, 5.74) is 7.36. The molecule has 2 unspecified atom stereocenters. The van der Waals surface area contributed by atoms with Gasteiger partial charge in [-0.2, -0.15) is 0 Å². The molecule has 5 nitrogen and oxygen atoms in total. The molecular weight excluding hydrogens is 240 g/mol. The van der Waals surface area contributed by atoms with Gasteiger partial charge in [-0.25, -0.2) is 4.98 Å². The number of rotatable bonds is 3. The lowest BCUT2D eigenvalue weighted by Gasteiger charge is -2.26. The van der Waals surface area contributed by atoms with E-state index in [0.717, 1.165) is 30.5 Å². The van der Waals surface area contributed by atoms with E-state index in [-0.39, 0.29) is 17.7 Å². The van der Waals surface area contributed by atoms with Crippen molar-refractivity contribution in [1.29, 1.82) is 0 Å². The molecule has 0 aromatic carbocycles. The fraction of sp³-hybridized carbons (Fsp3) is 0.357. The fourth-order valence-electron chi connectivity index (χ4n) is 2.84. The lowest BCUT2D eigenvalue weighted by Crippen LogP contribution is -2.30. The molecule has 2 aromatic heterocycles. The van der Waals surface area contributed by atoms with E-state index < -0.39 is 0 Å². The molecule has 19 heavy (non-hydrogen) atoms. The van der Waals surface area contributed by atoms with Crippen molar-refractivity contribution in [2.45, 2.75) is 25.2 Å². The van der Waals surface area contributed by atoms with Crippen LogP contribution in [0.5, 0.6) is 0 Å². The average Bonchev–Trinajstić information content (AvgIpc) is 2.89. The molecule has 0 aliphatic heterocycles. The minimum Gasteiger partial charge on any atom is -0.369 e. The number of amides is 1. The Labute approximate surface area is 111 Å². The predicted molar refractivity (Wildman–Crippen MR) is 71.4 cm³/mol. The topological polar surface area (TPSA) is 73.3 Å². The summed E-state index contributed by atoms with van der Waals surface area (Å²) in [5, 5.41) is 0. The first-order chi connectivity index (χ1) is 9.27. The van der Waals surface area contributed by atoms with Crippen molar-refractivity contribution >= 4 is 11.4 Å². The summed E-state index contributed by atoms with van der Waals surface area (Å²) in [6.45, 7) is 0. The van der Waals surface area contributed by atoms with Crippen molar-refractivity contribution in [1.82, 2.24) is 14.4 Å². The van der Waals surface area contributed by atoms with E-state index in [1.165, 1.54) is 0 Å². The van der Waals surface area contributed by atoms with E-state index in [0.29, 0.717) is 0 Å². The maximum Gasteiger partial charge on any atom is 0.226 e. The highest BCUT2D eigenvalue weighted by molar-refractivity contribution is 5.82. The summed E-state index contributed by atoms with van der Waals surface area (Å²) in [5.74, 6) is -0.351. The number of carbonyl (C=O) groups is 1. The molecule has 0 saturated carbocycles. The maximum atomic E-state index is 11.9. The second-order valence-corrected chi connectivity index (χ2v) is 4.95. The van der Waals surface area contributed by atoms with E-state index in [1.54, 1.807) is 24.9 Å². The third-order valence-corrected chi connectivity index (χ3v) is 3.77. The van der Waals surface area contributed by atoms with Crippen LogP contribution in [0.4, 0.5) is 0 Å². The van der Waals surface area contributed by atoms with Gasteiger partial charge in [-0.05, 0) is 25.2 Å². The van der Waals surface area contributed by atoms with Gasteiger partial charge in [0.1, 0.15) is 0 Å². The van der Waals surface area contributed by atoms with Crippen molar-refractivity contribution in [3.8, 4) is 0 Å². The van der Waals surface area contributed by atoms with Gasteiger partial charge in [0.2, 0.25) is 5.91 Å². The van der Waals surface area contributed by atoms with Crippen LogP contribution in [0.1, 0.15) is 30.9 Å². The summed E-state index contributed by atoms with van der Waals surface area (Å²) < 4.78 is 1.90. The van der Waals surface area contributed by atoms with Crippen LogP contribution in [-0.2, 0) is 4.79 Å². The number of aromatic nitrogens is 3. The number of allylic oxidation sites excluding steroid dienone is 2. The molecule has 0 radical (unpaired) electrons. The molecule has 0 saturated heterocycles. The smallest absolute Gasteiger partial charge is 0.226 e. The van der Waals surface area contributed by atoms with E-state index in [2.05, 4.69) is 22.1 Å². The molecule has 98 valence electrons. The Morgan fingerprint density at radius 3 is 2.89 bits per heavy atom. The largest absolute Gasteiger partial charge is 0.369 e. The summed E-state index contributed by atoms with van der Waals surface area (Å²) in [7, 11) is 0. The third kappa shape index (κ3) is 2.12. The van der Waals surface area contributed by atoms with Gasteiger partial charge in [0, 0.05) is 6.20 Å². The van der Waals surface area contributed by atoms with Crippen LogP contribution in [0.25, 0.3) is 5.52 Å². The zero-order valence-electron chi connectivity index (χ0n) is 10.6. The molecule has 3 rings (SSSR count). The highest BCUT2D eigenvalue weighted by Crippen LogP contribution is 2.33. The molecule has 0 spiro atoms. The van der Waals surface area contributed by atoms with Crippen LogP contribution < -0.4 is 5.73 Å².